The van der Waals surface area contributed by atoms with Crippen LogP contribution in [0.5, 0.6) is 0 Å². The Hall–Kier alpha value is -2.91. The molecule has 0 aliphatic rings. The fraction of sp³-hybridized carbons (Fsp3) is 0.222. The van der Waals surface area contributed by atoms with Crippen LogP contribution in [-0.4, -0.2) is 47.9 Å². The lowest BCUT2D eigenvalue weighted by atomic mass is 10.1. The highest BCUT2D eigenvalue weighted by Crippen LogP contribution is 2.31. The monoisotopic (exact) mass is 388 g/mol. The Kier molecular flexibility index (Phi) is 5.43. The molecule has 0 spiro atoms. The third-order valence-corrected chi connectivity index (χ3v) is 4.96. The minimum absolute atomic E-state index is 0.00769. The first-order valence-corrected chi connectivity index (χ1v) is 8.94. The third-order valence-electron chi connectivity index (χ3n) is 3.92. The van der Waals surface area contributed by atoms with E-state index in [9.17, 15) is 19.3 Å². The van der Waals surface area contributed by atoms with E-state index >= 15 is 0 Å². The van der Waals surface area contributed by atoms with E-state index in [-0.39, 0.29) is 17.1 Å². The fourth-order valence-electron chi connectivity index (χ4n) is 2.54. The summed E-state index contributed by atoms with van der Waals surface area (Å²) in [4.78, 5) is 31.6. The van der Waals surface area contributed by atoms with E-state index in [1.54, 1.807) is 12.1 Å². The second-order valence-corrected chi connectivity index (χ2v) is 7.15. The van der Waals surface area contributed by atoms with E-state index in [2.05, 4.69) is 4.98 Å². The number of thiazole rings is 1. The number of fused-ring (bicyclic) bond motifs is 1. The molecule has 0 saturated carbocycles. The molecule has 0 unspecified atom stereocenters. The number of anilines is 1. The van der Waals surface area contributed by atoms with Crippen LogP contribution >= 0.6 is 11.3 Å². The first kappa shape index (κ1) is 18.9. The van der Waals surface area contributed by atoms with Gasteiger partial charge in [0.25, 0.3) is 11.6 Å². The van der Waals surface area contributed by atoms with Gasteiger partial charge in [-0.15, -0.1) is 0 Å². The van der Waals surface area contributed by atoms with Gasteiger partial charge in [0.15, 0.2) is 5.13 Å². The number of nitrogens with zero attached hydrogens (tertiary/aromatic N) is 4. The summed E-state index contributed by atoms with van der Waals surface area (Å²) < 4.78 is 14.1. The van der Waals surface area contributed by atoms with E-state index < -0.39 is 10.8 Å². The Bertz CT molecular complexity index is 1010. The molecule has 0 bridgehead atoms. The molecule has 9 heteroatoms. The first-order chi connectivity index (χ1) is 12.9. The standard InChI is InChI=1S/C18H17FN4O3S/c1-21(2)9-10-22(17(24)13-5-3-4-6-15(13)23(25)26)18-20-14-8-7-12(19)11-16(14)27-18/h3-8,11H,9-10H2,1-2H3. The Balaban J connectivity index is 2.04. The quantitative estimate of drug-likeness (QED) is 0.477. The van der Waals surface area contributed by atoms with Gasteiger partial charge in [-0.05, 0) is 38.4 Å². The van der Waals surface area contributed by atoms with Gasteiger partial charge in [-0.1, -0.05) is 23.5 Å². The van der Waals surface area contributed by atoms with Gasteiger partial charge in [0.1, 0.15) is 11.4 Å². The number of carbonyl (C=O) groups excluding carboxylic acids is 1. The summed E-state index contributed by atoms with van der Waals surface area (Å²) in [5.41, 5.74) is 0.304. The van der Waals surface area contributed by atoms with Crippen molar-refractivity contribution in [1.82, 2.24) is 9.88 Å². The molecule has 0 radical (unpaired) electrons. The zero-order valence-corrected chi connectivity index (χ0v) is 15.6. The number of carbonyl (C=O) groups is 1. The normalized spacial score (nSPS) is 11.1. The smallest absolute Gasteiger partial charge is 0.282 e. The summed E-state index contributed by atoms with van der Waals surface area (Å²) in [6.45, 7) is 0.830. The molecule has 0 aliphatic heterocycles. The highest BCUT2D eigenvalue weighted by atomic mass is 32.1. The minimum Gasteiger partial charge on any atom is -0.308 e. The lowest BCUT2D eigenvalue weighted by molar-refractivity contribution is -0.385. The molecule has 2 aromatic carbocycles. The predicted molar refractivity (Wildman–Crippen MR) is 103 cm³/mol. The van der Waals surface area contributed by atoms with Gasteiger partial charge in [-0.3, -0.25) is 19.8 Å². The van der Waals surface area contributed by atoms with Gasteiger partial charge < -0.3 is 4.90 Å². The van der Waals surface area contributed by atoms with Crippen molar-refractivity contribution < 1.29 is 14.1 Å². The molecule has 27 heavy (non-hydrogen) atoms. The number of aromatic nitrogens is 1. The van der Waals surface area contributed by atoms with Crippen LogP contribution in [0.25, 0.3) is 10.2 Å². The highest BCUT2D eigenvalue weighted by molar-refractivity contribution is 7.22. The maximum absolute atomic E-state index is 13.5. The molecule has 0 saturated heterocycles. The molecule has 3 rings (SSSR count). The molecule has 3 aromatic rings. The summed E-state index contributed by atoms with van der Waals surface area (Å²) in [6.07, 6.45) is 0. The summed E-state index contributed by atoms with van der Waals surface area (Å²) in [7, 11) is 3.72. The van der Waals surface area contributed by atoms with Gasteiger partial charge in [0.05, 0.1) is 15.1 Å². The van der Waals surface area contributed by atoms with E-state index in [0.29, 0.717) is 28.4 Å². The van der Waals surface area contributed by atoms with Crippen LogP contribution < -0.4 is 4.90 Å². The minimum atomic E-state index is -0.578. The van der Waals surface area contributed by atoms with Crippen molar-refractivity contribution in [3.8, 4) is 0 Å². The second-order valence-electron chi connectivity index (χ2n) is 6.14. The molecule has 1 amide bonds. The summed E-state index contributed by atoms with van der Waals surface area (Å²) in [5.74, 6) is -0.897. The first-order valence-electron chi connectivity index (χ1n) is 8.13. The lowest BCUT2D eigenvalue weighted by Crippen LogP contribution is -2.37. The van der Waals surface area contributed by atoms with Gasteiger partial charge in [-0.2, -0.15) is 0 Å². The predicted octanol–water partition coefficient (Wildman–Crippen LogP) is 3.55. The van der Waals surface area contributed by atoms with Crippen molar-refractivity contribution >= 4 is 38.3 Å². The highest BCUT2D eigenvalue weighted by Gasteiger charge is 2.27. The van der Waals surface area contributed by atoms with Gasteiger partial charge in [0.2, 0.25) is 0 Å². The second kappa shape index (κ2) is 7.77. The number of nitro groups is 1. The molecule has 1 aromatic heterocycles. The van der Waals surface area contributed by atoms with E-state index in [1.165, 1.54) is 46.6 Å². The van der Waals surface area contributed by atoms with Crippen LogP contribution in [0.3, 0.4) is 0 Å². The fourth-order valence-corrected chi connectivity index (χ4v) is 3.56. The number of amides is 1. The van der Waals surface area contributed by atoms with Crippen LogP contribution in [0, 0.1) is 15.9 Å². The van der Waals surface area contributed by atoms with Crippen LogP contribution in [0.2, 0.25) is 0 Å². The Morgan fingerprint density at radius 3 is 2.67 bits per heavy atom. The molecular formula is C18H17FN4O3S. The molecule has 0 N–H and O–H groups in total. The van der Waals surface area contributed by atoms with E-state index in [1.807, 2.05) is 19.0 Å². The number of hydrogen-bond acceptors (Lipinski definition) is 6. The largest absolute Gasteiger partial charge is 0.308 e. The molecule has 140 valence electrons. The number of benzene rings is 2. The number of hydrogen-bond donors (Lipinski definition) is 0. The van der Waals surface area contributed by atoms with E-state index in [4.69, 9.17) is 0 Å². The Labute approximate surface area is 158 Å². The number of nitro benzene ring substituents is 1. The average molecular weight is 388 g/mol. The van der Waals surface area contributed by atoms with Gasteiger partial charge >= 0.3 is 0 Å². The number of rotatable bonds is 6. The van der Waals surface area contributed by atoms with Crippen LogP contribution in [-0.2, 0) is 0 Å². The van der Waals surface area contributed by atoms with Crippen molar-refractivity contribution in [2.75, 3.05) is 32.1 Å². The molecule has 0 aliphatic carbocycles. The summed E-state index contributed by atoms with van der Waals surface area (Å²) in [6, 6.07) is 10.0. The van der Waals surface area contributed by atoms with Crippen molar-refractivity contribution in [2.24, 2.45) is 0 Å². The SMILES string of the molecule is CN(C)CCN(C(=O)c1ccccc1[N+](=O)[O-])c1nc2ccc(F)cc2s1. The van der Waals surface area contributed by atoms with Crippen molar-refractivity contribution in [3.63, 3.8) is 0 Å². The van der Waals surface area contributed by atoms with Gasteiger partial charge in [-0.25, -0.2) is 9.37 Å². The summed E-state index contributed by atoms with van der Waals surface area (Å²) >= 11 is 1.17. The lowest BCUT2D eigenvalue weighted by Gasteiger charge is -2.21. The van der Waals surface area contributed by atoms with E-state index in [0.717, 1.165) is 0 Å². The summed E-state index contributed by atoms with van der Waals surface area (Å²) in [5, 5.41) is 11.7. The van der Waals surface area contributed by atoms with Crippen LogP contribution in [0.1, 0.15) is 10.4 Å². The topological polar surface area (TPSA) is 79.6 Å². The molecule has 1 heterocycles. The van der Waals surface area contributed by atoms with Crippen molar-refractivity contribution in [1.29, 1.82) is 0 Å². The van der Waals surface area contributed by atoms with Gasteiger partial charge in [0, 0.05) is 19.2 Å². The Morgan fingerprint density at radius 2 is 1.96 bits per heavy atom. The maximum atomic E-state index is 13.5. The molecule has 0 atom stereocenters. The van der Waals surface area contributed by atoms with Crippen molar-refractivity contribution in [3.05, 3.63) is 64.0 Å². The van der Waals surface area contributed by atoms with Crippen LogP contribution in [0.15, 0.2) is 42.5 Å². The maximum Gasteiger partial charge on any atom is 0.282 e. The van der Waals surface area contributed by atoms with Crippen molar-refractivity contribution in [2.45, 2.75) is 0 Å². The Morgan fingerprint density at radius 1 is 1.22 bits per heavy atom. The zero-order valence-electron chi connectivity index (χ0n) is 14.8. The molecule has 7 nitrogen and oxygen atoms in total. The van der Waals surface area contributed by atoms with Crippen LogP contribution in [0.4, 0.5) is 15.2 Å². The number of likely N-dealkylation sites (N-methyl/N-ethyl adjacent to an activating group) is 1. The average Bonchev–Trinajstić information content (AvgIpc) is 3.04. The number of para-hydroxylation sites is 1. The zero-order chi connectivity index (χ0) is 19.6. The molecule has 0 fully saturated rings. The number of halogens is 1. The third kappa shape index (κ3) is 4.09. The molecular weight excluding hydrogens is 371 g/mol.